The van der Waals surface area contributed by atoms with E-state index in [9.17, 15) is 0 Å². The number of imidazole rings is 1. The Labute approximate surface area is 120 Å². The van der Waals surface area contributed by atoms with E-state index in [2.05, 4.69) is 28.8 Å². The molecule has 0 saturated carbocycles. The molecule has 0 atom stereocenters. The van der Waals surface area contributed by atoms with E-state index in [0.29, 0.717) is 11.4 Å². The number of nitrogens with two attached hydrogens (primary N) is 1. The predicted octanol–water partition coefficient (Wildman–Crippen LogP) is 3.20. The monoisotopic (exact) mass is 287 g/mol. The van der Waals surface area contributed by atoms with Crippen molar-refractivity contribution in [1.82, 2.24) is 9.38 Å². The number of pyridine rings is 1. The summed E-state index contributed by atoms with van der Waals surface area (Å²) in [5.74, 6) is 0. The number of aryl methyl sites for hydroxylation is 1. The Kier molecular flexibility index (Phi) is 3.08. The summed E-state index contributed by atoms with van der Waals surface area (Å²) < 4.78 is 2.09. The van der Waals surface area contributed by atoms with Crippen LogP contribution in [0.5, 0.6) is 0 Å². The standard InChI is InChI=1S/C14H13N3S2/c1-9-4-2-6-17-10(8-12(15)18)13(16-14(9)17)11-5-3-7-19-11/h2-7H,8H2,1H3,(H2,15,18). The van der Waals surface area contributed by atoms with Crippen molar-refractivity contribution in [3.63, 3.8) is 0 Å². The quantitative estimate of drug-likeness (QED) is 0.752. The fourth-order valence-corrected chi connectivity index (χ4v) is 3.07. The van der Waals surface area contributed by atoms with E-state index in [1.54, 1.807) is 11.3 Å². The van der Waals surface area contributed by atoms with Crippen molar-refractivity contribution in [3.8, 4) is 10.6 Å². The van der Waals surface area contributed by atoms with E-state index in [1.807, 2.05) is 18.3 Å². The van der Waals surface area contributed by atoms with Crippen LogP contribution in [0.4, 0.5) is 0 Å². The van der Waals surface area contributed by atoms with E-state index < -0.39 is 0 Å². The Balaban J connectivity index is 2.31. The summed E-state index contributed by atoms with van der Waals surface area (Å²) in [7, 11) is 0. The highest BCUT2D eigenvalue weighted by Crippen LogP contribution is 2.29. The van der Waals surface area contributed by atoms with Gasteiger partial charge in [-0.05, 0) is 30.0 Å². The third kappa shape index (κ3) is 2.15. The van der Waals surface area contributed by atoms with Gasteiger partial charge in [-0.3, -0.25) is 0 Å². The lowest BCUT2D eigenvalue weighted by Crippen LogP contribution is -2.13. The van der Waals surface area contributed by atoms with E-state index in [1.165, 1.54) is 0 Å². The average Bonchev–Trinajstić information content (AvgIpc) is 2.97. The van der Waals surface area contributed by atoms with Gasteiger partial charge in [0.05, 0.1) is 15.6 Å². The van der Waals surface area contributed by atoms with Gasteiger partial charge in [0.2, 0.25) is 0 Å². The van der Waals surface area contributed by atoms with Gasteiger partial charge < -0.3 is 10.1 Å². The zero-order chi connectivity index (χ0) is 13.4. The highest BCUT2D eigenvalue weighted by Gasteiger charge is 2.16. The molecule has 0 saturated heterocycles. The number of thiophene rings is 1. The van der Waals surface area contributed by atoms with Crippen LogP contribution >= 0.6 is 23.6 Å². The van der Waals surface area contributed by atoms with E-state index >= 15 is 0 Å². The van der Waals surface area contributed by atoms with Crippen LogP contribution in [0.1, 0.15) is 11.3 Å². The van der Waals surface area contributed by atoms with Crippen LogP contribution in [0.25, 0.3) is 16.2 Å². The van der Waals surface area contributed by atoms with Crippen molar-refractivity contribution in [2.75, 3.05) is 0 Å². The zero-order valence-corrected chi connectivity index (χ0v) is 12.1. The molecule has 3 rings (SSSR count). The first-order valence-electron chi connectivity index (χ1n) is 5.95. The minimum atomic E-state index is 0.487. The van der Waals surface area contributed by atoms with Crippen molar-refractivity contribution < 1.29 is 0 Å². The van der Waals surface area contributed by atoms with Crippen molar-refractivity contribution in [1.29, 1.82) is 0 Å². The van der Waals surface area contributed by atoms with Crippen LogP contribution in [0.3, 0.4) is 0 Å². The zero-order valence-electron chi connectivity index (χ0n) is 10.5. The van der Waals surface area contributed by atoms with Gasteiger partial charge in [-0.1, -0.05) is 24.4 Å². The maximum absolute atomic E-state index is 5.73. The summed E-state index contributed by atoms with van der Waals surface area (Å²) in [6.45, 7) is 2.06. The van der Waals surface area contributed by atoms with Gasteiger partial charge in [0.15, 0.2) is 0 Å². The fourth-order valence-electron chi connectivity index (χ4n) is 2.20. The van der Waals surface area contributed by atoms with Crippen LogP contribution in [0.15, 0.2) is 35.8 Å². The Bertz CT molecular complexity index is 741. The lowest BCUT2D eigenvalue weighted by Gasteiger charge is -2.03. The SMILES string of the molecule is Cc1cccn2c(CC(N)=S)c(-c3cccs3)nc12. The highest BCUT2D eigenvalue weighted by molar-refractivity contribution is 7.80. The van der Waals surface area contributed by atoms with E-state index in [4.69, 9.17) is 22.9 Å². The van der Waals surface area contributed by atoms with Crippen LogP contribution < -0.4 is 5.73 Å². The number of thiocarbonyl (C=S) groups is 1. The molecule has 3 aromatic heterocycles. The Morgan fingerprint density at radius 1 is 1.42 bits per heavy atom. The molecular weight excluding hydrogens is 274 g/mol. The number of hydrogen-bond acceptors (Lipinski definition) is 3. The molecule has 2 N–H and O–H groups in total. The van der Waals surface area contributed by atoms with Crippen molar-refractivity contribution in [2.45, 2.75) is 13.3 Å². The van der Waals surface area contributed by atoms with Crippen molar-refractivity contribution in [3.05, 3.63) is 47.1 Å². The van der Waals surface area contributed by atoms with Gasteiger partial charge in [-0.2, -0.15) is 0 Å². The molecule has 0 fully saturated rings. The van der Waals surface area contributed by atoms with Gasteiger partial charge in [0, 0.05) is 12.6 Å². The first-order valence-corrected chi connectivity index (χ1v) is 7.24. The first kappa shape index (κ1) is 12.3. The predicted molar refractivity (Wildman–Crippen MR) is 83.7 cm³/mol. The first-order chi connectivity index (χ1) is 9.16. The molecule has 0 radical (unpaired) electrons. The molecular formula is C14H13N3S2. The maximum atomic E-state index is 5.73. The molecule has 0 amide bonds. The number of fused-ring (bicyclic) bond motifs is 1. The third-order valence-electron chi connectivity index (χ3n) is 3.04. The van der Waals surface area contributed by atoms with Crippen LogP contribution in [0.2, 0.25) is 0 Å². The lowest BCUT2D eigenvalue weighted by molar-refractivity contribution is 1.07. The second kappa shape index (κ2) is 4.75. The molecule has 96 valence electrons. The van der Waals surface area contributed by atoms with Gasteiger partial charge >= 0.3 is 0 Å². The fraction of sp³-hybridized carbons (Fsp3) is 0.143. The van der Waals surface area contributed by atoms with Crippen molar-refractivity contribution in [2.24, 2.45) is 5.73 Å². The second-order valence-electron chi connectivity index (χ2n) is 4.41. The smallest absolute Gasteiger partial charge is 0.140 e. The number of nitrogens with zero attached hydrogens (tertiary/aromatic N) is 2. The molecule has 0 aliphatic carbocycles. The normalized spacial score (nSPS) is 11.0. The summed E-state index contributed by atoms with van der Waals surface area (Å²) in [6.07, 6.45) is 2.58. The highest BCUT2D eigenvalue weighted by atomic mass is 32.1. The van der Waals surface area contributed by atoms with Crippen LogP contribution in [-0.2, 0) is 6.42 Å². The molecule has 3 heterocycles. The van der Waals surface area contributed by atoms with Crippen molar-refractivity contribution >= 4 is 34.2 Å². The number of aromatic nitrogens is 2. The molecule has 0 aliphatic rings. The minimum Gasteiger partial charge on any atom is -0.393 e. The molecule has 0 aromatic carbocycles. The number of hydrogen-bond donors (Lipinski definition) is 1. The molecule has 3 nitrogen and oxygen atoms in total. The maximum Gasteiger partial charge on any atom is 0.140 e. The van der Waals surface area contributed by atoms with Gasteiger partial charge in [0.1, 0.15) is 11.3 Å². The van der Waals surface area contributed by atoms with Gasteiger partial charge in [-0.15, -0.1) is 11.3 Å². The molecule has 0 unspecified atom stereocenters. The minimum absolute atomic E-state index is 0.487. The molecule has 0 spiro atoms. The number of rotatable bonds is 3. The Morgan fingerprint density at radius 2 is 2.26 bits per heavy atom. The van der Waals surface area contributed by atoms with Gasteiger partial charge in [-0.25, -0.2) is 4.98 Å². The van der Waals surface area contributed by atoms with E-state index in [-0.39, 0.29) is 0 Å². The summed E-state index contributed by atoms with van der Waals surface area (Å²) in [5, 5.41) is 2.05. The van der Waals surface area contributed by atoms with Gasteiger partial charge in [0.25, 0.3) is 0 Å². The van der Waals surface area contributed by atoms with Crippen LogP contribution in [-0.4, -0.2) is 14.4 Å². The molecule has 0 bridgehead atoms. The lowest BCUT2D eigenvalue weighted by atomic mass is 10.2. The topological polar surface area (TPSA) is 43.3 Å². The molecule has 19 heavy (non-hydrogen) atoms. The third-order valence-corrected chi connectivity index (χ3v) is 4.06. The summed E-state index contributed by atoms with van der Waals surface area (Å²) >= 11 is 6.75. The molecule has 5 heteroatoms. The Morgan fingerprint density at radius 3 is 2.95 bits per heavy atom. The second-order valence-corrected chi connectivity index (χ2v) is 5.88. The molecule has 3 aromatic rings. The van der Waals surface area contributed by atoms with Crippen LogP contribution in [0, 0.1) is 6.92 Å². The van der Waals surface area contributed by atoms with E-state index in [0.717, 1.165) is 27.5 Å². The summed E-state index contributed by atoms with van der Waals surface area (Å²) in [4.78, 5) is 6.40. The molecule has 0 aliphatic heterocycles. The summed E-state index contributed by atoms with van der Waals surface area (Å²) in [5.41, 5.74) is 9.89. The Hall–Kier alpha value is -1.72. The largest absolute Gasteiger partial charge is 0.393 e. The average molecular weight is 287 g/mol. The summed E-state index contributed by atoms with van der Waals surface area (Å²) in [6, 6.07) is 8.18.